The summed E-state index contributed by atoms with van der Waals surface area (Å²) in [5, 5.41) is 0.530. The molecule has 0 unspecified atom stereocenters. The highest BCUT2D eigenvalue weighted by Crippen LogP contribution is 2.30. The van der Waals surface area contributed by atoms with Crippen molar-refractivity contribution in [3.8, 4) is 0 Å². The molecule has 0 bridgehead atoms. The normalized spacial score (nSPS) is 13.9. The highest BCUT2D eigenvalue weighted by Gasteiger charge is 2.32. The topological polar surface area (TPSA) is 79.3 Å². The second kappa shape index (κ2) is 8.66. The smallest absolute Gasteiger partial charge is 0.318 e. The molecule has 3 heterocycles. The van der Waals surface area contributed by atoms with Crippen LogP contribution in [0.1, 0.15) is 33.0 Å². The summed E-state index contributed by atoms with van der Waals surface area (Å²) in [7, 11) is 0. The molecule has 2 aromatic heterocycles. The van der Waals surface area contributed by atoms with Crippen LogP contribution in [0.5, 0.6) is 0 Å². The zero-order valence-corrected chi connectivity index (χ0v) is 17.2. The SMILES string of the molecule is Cc1nc(N2CCN(Cc3ccc(F)cc3)C2=O)sc1C(=O)CCc1cnccn1. The van der Waals surface area contributed by atoms with E-state index in [9.17, 15) is 14.0 Å². The molecule has 0 spiro atoms. The van der Waals surface area contributed by atoms with Gasteiger partial charge in [-0.15, -0.1) is 0 Å². The van der Waals surface area contributed by atoms with Crippen LogP contribution in [-0.4, -0.2) is 44.8 Å². The van der Waals surface area contributed by atoms with Crippen molar-refractivity contribution in [2.75, 3.05) is 18.0 Å². The van der Waals surface area contributed by atoms with E-state index in [0.717, 1.165) is 11.3 Å². The van der Waals surface area contributed by atoms with Crippen molar-refractivity contribution >= 4 is 28.3 Å². The summed E-state index contributed by atoms with van der Waals surface area (Å²) in [4.78, 5) is 42.0. The van der Waals surface area contributed by atoms with Gasteiger partial charge >= 0.3 is 6.03 Å². The van der Waals surface area contributed by atoms with Gasteiger partial charge in [-0.3, -0.25) is 19.7 Å². The minimum absolute atomic E-state index is 0.0169. The van der Waals surface area contributed by atoms with Gasteiger partial charge in [0.1, 0.15) is 5.82 Å². The zero-order valence-electron chi connectivity index (χ0n) is 16.4. The minimum atomic E-state index is -0.303. The van der Waals surface area contributed by atoms with Gasteiger partial charge in [0.05, 0.1) is 16.3 Å². The minimum Gasteiger partial charge on any atom is -0.318 e. The summed E-state index contributed by atoms with van der Waals surface area (Å²) in [6, 6.07) is 5.96. The zero-order chi connectivity index (χ0) is 21.1. The molecule has 154 valence electrons. The van der Waals surface area contributed by atoms with Gasteiger partial charge in [0.2, 0.25) is 0 Å². The molecule has 1 fully saturated rings. The summed E-state index contributed by atoms with van der Waals surface area (Å²) in [5.74, 6) is -0.320. The lowest BCUT2D eigenvalue weighted by Gasteiger charge is -2.16. The lowest BCUT2D eigenvalue weighted by atomic mass is 10.1. The van der Waals surface area contributed by atoms with Crippen LogP contribution in [0.2, 0.25) is 0 Å². The Morgan fingerprint density at radius 1 is 1.20 bits per heavy atom. The number of anilines is 1. The van der Waals surface area contributed by atoms with Crippen molar-refractivity contribution in [2.45, 2.75) is 26.3 Å². The van der Waals surface area contributed by atoms with E-state index in [4.69, 9.17) is 0 Å². The molecule has 7 nitrogen and oxygen atoms in total. The Morgan fingerprint density at radius 2 is 2.00 bits per heavy atom. The first kappa shape index (κ1) is 20.1. The first-order valence-corrected chi connectivity index (χ1v) is 10.4. The van der Waals surface area contributed by atoms with Crippen molar-refractivity contribution in [1.29, 1.82) is 0 Å². The molecular weight excluding hydrogens is 405 g/mol. The maximum Gasteiger partial charge on any atom is 0.326 e. The van der Waals surface area contributed by atoms with Crippen LogP contribution in [0.4, 0.5) is 14.3 Å². The van der Waals surface area contributed by atoms with Crippen LogP contribution >= 0.6 is 11.3 Å². The van der Waals surface area contributed by atoms with E-state index >= 15 is 0 Å². The highest BCUT2D eigenvalue weighted by atomic mass is 32.1. The summed E-state index contributed by atoms with van der Waals surface area (Å²) in [6.07, 6.45) is 5.67. The number of carbonyl (C=O) groups excluding carboxylic acids is 2. The molecule has 1 saturated heterocycles. The van der Waals surface area contributed by atoms with E-state index in [1.54, 1.807) is 47.4 Å². The van der Waals surface area contributed by atoms with Gasteiger partial charge in [-0.1, -0.05) is 23.5 Å². The summed E-state index contributed by atoms with van der Waals surface area (Å²) < 4.78 is 13.1. The molecule has 4 rings (SSSR count). The quantitative estimate of drug-likeness (QED) is 0.540. The summed E-state index contributed by atoms with van der Waals surface area (Å²) in [6.45, 7) is 3.24. The van der Waals surface area contributed by atoms with Crippen molar-refractivity contribution in [3.05, 3.63) is 70.5 Å². The van der Waals surface area contributed by atoms with E-state index < -0.39 is 0 Å². The van der Waals surface area contributed by atoms with E-state index in [1.807, 2.05) is 0 Å². The number of benzene rings is 1. The molecule has 0 saturated carbocycles. The molecule has 3 aromatic rings. The molecule has 2 amide bonds. The molecule has 9 heteroatoms. The number of aryl methyl sites for hydroxylation is 2. The molecule has 1 aliphatic heterocycles. The number of halogens is 1. The summed E-state index contributed by atoms with van der Waals surface area (Å²) >= 11 is 1.25. The Kier molecular flexibility index (Phi) is 5.80. The monoisotopic (exact) mass is 425 g/mol. The van der Waals surface area contributed by atoms with Crippen molar-refractivity contribution < 1.29 is 14.0 Å². The molecule has 30 heavy (non-hydrogen) atoms. The molecule has 0 atom stereocenters. The van der Waals surface area contributed by atoms with Gasteiger partial charge in [-0.05, 0) is 31.0 Å². The maximum absolute atomic E-state index is 13.1. The molecule has 1 aliphatic rings. The number of hydrogen-bond acceptors (Lipinski definition) is 6. The molecule has 1 aromatic carbocycles. The highest BCUT2D eigenvalue weighted by molar-refractivity contribution is 7.17. The van der Waals surface area contributed by atoms with Crippen LogP contribution in [0.25, 0.3) is 0 Å². The predicted octanol–water partition coefficient (Wildman–Crippen LogP) is 3.64. The average molecular weight is 425 g/mol. The fourth-order valence-corrected chi connectivity index (χ4v) is 4.34. The van der Waals surface area contributed by atoms with Crippen LogP contribution in [0, 0.1) is 12.7 Å². The number of urea groups is 1. The maximum atomic E-state index is 13.1. The number of carbonyl (C=O) groups is 2. The third kappa shape index (κ3) is 4.35. The van der Waals surface area contributed by atoms with E-state index in [-0.39, 0.29) is 17.6 Å². The second-order valence-corrected chi connectivity index (χ2v) is 7.99. The van der Waals surface area contributed by atoms with Crippen molar-refractivity contribution in [2.24, 2.45) is 0 Å². The average Bonchev–Trinajstić information content (AvgIpc) is 3.31. The number of thiazole rings is 1. The lowest BCUT2D eigenvalue weighted by Crippen LogP contribution is -2.31. The standard InChI is InChI=1S/C21H20FN5O2S/c1-14-19(18(28)7-6-17-12-23-8-9-24-17)30-20(25-14)27-11-10-26(21(27)29)13-15-2-4-16(22)5-3-15/h2-5,8-9,12H,6-7,10-11,13H2,1H3. The fourth-order valence-electron chi connectivity index (χ4n) is 3.29. The third-order valence-electron chi connectivity index (χ3n) is 4.88. The first-order chi connectivity index (χ1) is 14.5. The van der Waals surface area contributed by atoms with E-state index in [2.05, 4.69) is 15.0 Å². The molecule has 0 N–H and O–H groups in total. The van der Waals surface area contributed by atoms with Crippen molar-refractivity contribution in [1.82, 2.24) is 19.9 Å². The second-order valence-electron chi connectivity index (χ2n) is 7.01. The number of ketones is 1. The Balaban J connectivity index is 1.41. The van der Waals surface area contributed by atoms with Gasteiger partial charge in [0, 0.05) is 44.6 Å². The number of Topliss-reactive ketones (excluding diaryl/α,β-unsaturated/α-hetero) is 1. The molecular formula is C21H20FN5O2S. The number of rotatable bonds is 7. The Hall–Kier alpha value is -3.20. The van der Waals surface area contributed by atoms with Gasteiger partial charge in [-0.2, -0.15) is 0 Å². The van der Waals surface area contributed by atoms with Crippen LogP contribution in [0.3, 0.4) is 0 Å². The van der Waals surface area contributed by atoms with Gasteiger partial charge < -0.3 is 4.90 Å². The number of aromatic nitrogens is 3. The number of nitrogens with zero attached hydrogens (tertiary/aromatic N) is 5. The van der Waals surface area contributed by atoms with E-state index in [1.165, 1.54) is 23.5 Å². The van der Waals surface area contributed by atoms with Crippen LogP contribution < -0.4 is 4.90 Å². The summed E-state index contributed by atoms with van der Waals surface area (Å²) in [5.41, 5.74) is 2.25. The van der Waals surface area contributed by atoms with Crippen LogP contribution in [0.15, 0.2) is 42.9 Å². The predicted molar refractivity (Wildman–Crippen MR) is 111 cm³/mol. The fraction of sp³-hybridized carbons (Fsp3) is 0.286. The molecule has 0 aliphatic carbocycles. The Bertz CT molecular complexity index is 1060. The van der Waals surface area contributed by atoms with Crippen molar-refractivity contribution in [3.63, 3.8) is 0 Å². The third-order valence-corrected chi connectivity index (χ3v) is 6.10. The van der Waals surface area contributed by atoms with Gasteiger partial charge in [-0.25, -0.2) is 14.2 Å². The molecule has 0 radical (unpaired) electrons. The Morgan fingerprint density at radius 3 is 2.73 bits per heavy atom. The Labute approximate surface area is 177 Å². The lowest BCUT2D eigenvalue weighted by molar-refractivity contribution is 0.0985. The van der Waals surface area contributed by atoms with E-state index in [0.29, 0.717) is 48.2 Å². The first-order valence-electron chi connectivity index (χ1n) is 9.57. The largest absolute Gasteiger partial charge is 0.326 e. The van der Waals surface area contributed by atoms with Gasteiger partial charge in [0.15, 0.2) is 10.9 Å². The van der Waals surface area contributed by atoms with Gasteiger partial charge in [0.25, 0.3) is 0 Å². The number of amides is 2. The van der Waals surface area contributed by atoms with Crippen LogP contribution in [-0.2, 0) is 13.0 Å². The number of hydrogen-bond donors (Lipinski definition) is 0.